The lowest BCUT2D eigenvalue weighted by Gasteiger charge is -2.32. The van der Waals surface area contributed by atoms with E-state index in [-0.39, 0.29) is 5.91 Å². The Kier molecular flexibility index (Phi) is 5.49. The molecule has 1 aliphatic rings. The number of hydrogen-bond donors (Lipinski definition) is 2. The second kappa shape index (κ2) is 7.14. The first kappa shape index (κ1) is 15.4. The summed E-state index contributed by atoms with van der Waals surface area (Å²) in [5.41, 5.74) is 0.512. The van der Waals surface area contributed by atoms with Gasteiger partial charge in [0.1, 0.15) is 0 Å². The third-order valence-electron chi connectivity index (χ3n) is 3.85. The smallest absolute Gasteiger partial charge is 0.230 e. The van der Waals surface area contributed by atoms with Gasteiger partial charge in [-0.2, -0.15) is 0 Å². The number of carbonyl (C=O) groups is 1. The molecule has 4 heteroatoms. The third kappa shape index (κ3) is 4.53. The summed E-state index contributed by atoms with van der Waals surface area (Å²) in [5.74, 6) is 0.401. The first-order valence-corrected chi connectivity index (χ1v) is 8.25. The molecule has 1 amide bonds. The Morgan fingerprint density at radius 3 is 2.70 bits per heavy atom. The molecular weight excluding hydrogens is 270 g/mol. The van der Waals surface area contributed by atoms with E-state index in [0.29, 0.717) is 12.3 Å². The number of nitrogens with one attached hydrogen (secondary N) is 1. The molecule has 0 aliphatic heterocycles. The van der Waals surface area contributed by atoms with E-state index >= 15 is 0 Å². The molecule has 0 aromatic heterocycles. The van der Waals surface area contributed by atoms with Crippen LogP contribution in [0.3, 0.4) is 0 Å². The van der Waals surface area contributed by atoms with Crippen molar-refractivity contribution >= 4 is 17.7 Å². The van der Waals surface area contributed by atoms with E-state index in [2.05, 4.69) is 5.32 Å². The summed E-state index contributed by atoms with van der Waals surface area (Å²) in [6, 6.07) is 8.06. The minimum Gasteiger partial charge on any atom is -0.388 e. The van der Waals surface area contributed by atoms with Crippen LogP contribution in [0, 0.1) is 6.92 Å². The normalized spacial score (nSPS) is 17.7. The zero-order valence-electron chi connectivity index (χ0n) is 12.0. The van der Waals surface area contributed by atoms with Crippen molar-refractivity contribution in [1.82, 2.24) is 5.32 Å². The molecule has 3 nitrogen and oxygen atoms in total. The number of carbonyl (C=O) groups excluding carboxylic acids is 1. The van der Waals surface area contributed by atoms with Crippen LogP contribution in [-0.4, -0.2) is 28.9 Å². The van der Waals surface area contributed by atoms with Gasteiger partial charge in [-0.3, -0.25) is 4.79 Å². The van der Waals surface area contributed by atoms with E-state index in [9.17, 15) is 9.90 Å². The highest BCUT2D eigenvalue weighted by atomic mass is 32.2. The molecule has 0 bridgehead atoms. The van der Waals surface area contributed by atoms with E-state index in [1.54, 1.807) is 11.8 Å². The molecule has 1 fully saturated rings. The average molecular weight is 293 g/mol. The molecule has 20 heavy (non-hydrogen) atoms. The van der Waals surface area contributed by atoms with Crippen molar-refractivity contribution in [2.24, 2.45) is 0 Å². The lowest BCUT2D eigenvalue weighted by molar-refractivity contribution is -0.120. The zero-order chi connectivity index (χ0) is 14.4. The molecule has 1 saturated carbocycles. The lowest BCUT2D eigenvalue weighted by Crippen LogP contribution is -2.44. The molecule has 1 aromatic rings. The highest BCUT2D eigenvalue weighted by Crippen LogP contribution is 2.27. The molecule has 1 aromatic carbocycles. The maximum Gasteiger partial charge on any atom is 0.230 e. The molecule has 0 spiro atoms. The second-order valence-electron chi connectivity index (χ2n) is 5.62. The van der Waals surface area contributed by atoms with E-state index in [0.717, 1.165) is 30.6 Å². The molecule has 0 unspecified atom stereocenters. The Hall–Kier alpha value is -1.00. The number of thioether (sulfide) groups is 1. The van der Waals surface area contributed by atoms with Gasteiger partial charge in [0, 0.05) is 11.4 Å². The summed E-state index contributed by atoms with van der Waals surface area (Å²) >= 11 is 1.55. The Morgan fingerprint density at radius 1 is 1.30 bits per heavy atom. The van der Waals surface area contributed by atoms with Crippen LogP contribution >= 0.6 is 11.8 Å². The van der Waals surface area contributed by atoms with Crippen molar-refractivity contribution in [2.75, 3.05) is 12.3 Å². The number of aryl methyl sites for hydroxylation is 1. The summed E-state index contributed by atoms with van der Waals surface area (Å²) < 4.78 is 0. The first-order chi connectivity index (χ1) is 9.59. The number of benzene rings is 1. The van der Waals surface area contributed by atoms with Gasteiger partial charge in [-0.15, -0.1) is 11.8 Å². The largest absolute Gasteiger partial charge is 0.388 e. The number of aliphatic hydroxyl groups is 1. The Labute approximate surface area is 125 Å². The number of rotatable bonds is 5. The van der Waals surface area contributed by atoms with Gasteiger partial charge >= 0.3 is 0 Å². The highest BCUT2D eigenvalue weighted by Gasteiger charge is 2.29. The molecular formula is C16H23NO2S. The van der Waals surface area contributed by atoms with Crippen LogP contribution in [0.1, 0.15) is 37.7 Å². The number of hydrogen-bond acceptors (Lipinski definition) is 3. The Balaban J connectivity index is 1.74. The van der Waals surface area contributed by atoms with Crippen LogP contribution in [0.4, 0.5) is 0 Å². The van der Waals surface area contributed by atoms with Crippen LogP contribution in [0.5, 0.6) is 0 Å². The first-order valence-electron chi connectivity index (χ1n) is 7.27. The van der Waals surface area contributed by atoms with Gasteiger partial charge in [0.05, 0.1) is 11.4 Å². The van der Waals surface area contributed by atoms with Crippen LogP contribution in [0.2, 0.25) is 0 Å². The van der Waals surface area contributed by atoms with Crippen molar-refractivity contribution in [1.29, 1.82) is 0 Å². The summed E-state index contributed by atoms with van der Waals surface area (Å²) in [6.45, 7) is 2.44. The molecule has 2 N–H and O–H groups in total. The molecule has 0 atom stereocenters. The summed E-state index contributed by atoms with van der Waals surface area (Å²) in [6.07, 6.45) is 4.92. The summed E-state index contributed by atoms with van der Waals surface area (Å²) in [7, 11) is 0. The summed E-state index contributed by atoms with van der Waals surface area (Å²) in [5, 5.41) is 13.2. The molecule has 110 valence electrons. The van der Waals surface area contributed by atoms with Crippen LogP contribution in [-0.2, 0) is 4.79 Å². The fourth-order valence-corrected chi connectivity index (χ4v) is 3.42. The van der Waals surface area contributed by atoms with Crippen molar-refractivity contribution in [3.05, 3.63) is 29.8 Å². The fraction of sp³-hybridized carbons (Fsp3) is 0.562. The van der Waals surface area contributed by atoms with Gasteiger partial charge in [-0.25, -0.2) is 0 Å². The minimum absolute atomic E-state index is 0.00254. The van der Waals surface area contributed by atoms with Gasteiger partial charge in [0.2, 0.25) is 5.91 Å². The van der Waals surface area contributed by atoms with Crippen LogP contribution < -0.4 is 5.32 Å². The molecule has 2 rings (SSSR count). The van der Waals surface area contributed by atoms with Crippen LogP contribution in [0.25, 0.3) is 0 Å². The Morgan fingerprint density at radius 2 is 2.00 bits per heavy atom. The van der Waals surface area contributed by atoms with Gasteiger partial charge in [-0.1, -0.05) is 37.5 Å². The van der Waals surface area contributed by atoms with E-state index in [4.69, 9.17) is 0 Å². The van der Waals surface area contributed by atoms with E-state index < -0.39 is 5.60 Å². The van der Waals surface area contributed by atoms with E-state index in [1.807, 2.05) is 31.2 Å². The van der Waals surface area contributed by atoms with Gasteiger partial charge < -0.3 is 10.4 Å². The standard InChI is InChI=1S/C16H23NO2S/c1-13-7-3-4-8-14(13)20-11-15(18)17-12-16(19)9-5-2-6-10-16/h3-4,7-8,19H,2,5-6,9-12H2,1H3,(H,17,18). The zero-order valence-corrected chi connectivity index (χ0v) is 12.8. The highest BCUT2D eigenvalue weighted by molar-refractivity contribution is 8.00. The monoisotopic (exact) mass is 293 g/mol. The van der Waals surface area contributed by atoms with Crippen LogP contribution in [0.15, 0.2) is 29.2 Å². The quantitative estimate of drug-likeness (QED) is 0.821. The predicted octanol–water partition coefficient (Wildman–Crippen LogP) is 2.90. The molecule has 0 saturated heterocycles. The fourth-order valence-electron chi connectivity index (χ4n) is 2.56. The van der Waals surface area contributed by atoms with E-state index in [1.165, 1.54) is 12.0 Å². The second-order valence-corrected chi connectivity index (χ2v) is 6.63. The van der Waals surface area contributed by atoms with Gasteiger partial charge in [0.25, 0.3) is 0 Å². The third-order valence-corrected chi connectivity index (χ3v) is 5.03. The molecule has 0 heterocycles. The SMILES string of the molecule is Cc1ccccc1SCC(=O)NCC1(O)CCCCC1. The van der Waals surface area contributed by atoms with Crippen molar-refractivity contribution < 1.29 is 9.90 Å². The molecule has 1 aliphatic carbocycles. The molecule has 0 radical (unpaired) electrons. The maximum atomic E-state index is 11.9. The number of amides is 1. The van der Waals surface area contributed by atoms with Gasteiger partial charge in [-0.05, 0) is 31.4 Å². The predicted molar refractivity (Wildman–Crippen MR) is 82.9 cm³/mol. The lowest BCUT2D eigenvalue weighted by atomic mass is 9.85. The topological polar surface area (TPSA) is 49.3 Å². The van der Waals surface area contributed by atoms with Gasteiger partial charge in [0.15, 0.2) is 0 Å². The van der Waals surface area contributed by atoms with Crippen molar-refractivity contribution in [2.45, 2.75) is 49.5 Å². The maximum absolute atomic E-state index is 11.9. The summed E-state index contributed by atoms with van der Waals surface area (Å²) in [4.78, 5) is 13.0. The van der Waals surface area contributed by atoms with Crippen molar-refractivity contribution in [3.63, 3.8) is 0 Å². The Bertz CT molecular complexity index is 456. The van der Waals surface area contributed by atoms with Crippen molar-refractivity contribution in [3.8, 4) is 0 Å². The minimum atomic E-state index is -0.679. The average Bonchev–Trinajstić information content (AvgIpc) is 2.45.